The molecular formula is C52H62N2O16. The highest BCUT2D eigenvalue weighted by molar-refractivity contribution is 6.16. The topological polar surface area (TPSA) is 259 Å². The second-order valence-electron chi connectivity index (χ2n) is 20.8. The standard InChI is InChI=1S/C52H62N2O16/c1-27-22-37(58)54(45(27)62)21-20-38(59)68-42(40(31-18-14-11-15-19-31)53-47(64)70-48(4,5)6)46(63)67-34-25-52(65)32(23-33(56)30-16-12-10-13-17-30)43-50(9,44(61)41(60)39(28(34)2)49(52,7)8)35(57)24-36-51(43,26-66-36)69-29(3)55/h10-19,22,32,34-36,40-43,57,60,65H,20-21,23-26H2,1-9H3,(H,53,64)/t32-,34-,35-,36+,40-,41+,42+,43-,50+,51-,52+/m0/s1. The molecule has 4 N–H and O–H groups in total. The van der Waals surface area contributed by atoms with E-state index in [1.807, 2.05) is 0 Å². The van der Waals surface area contributed by atoms with Gasteiger partial charge in [-0.1, -0.05) is 74.5 Å². The smallest absolute Gasteiger partial charge is 0.408 e. The maximum Gasteiger partial charge on any atom is 0.408 e. The highest BCUT2D eigenvalue weighted by Gasteiger charge is 2.76. The van der Waals surface area contributed by atoms with Crippen molar-refractivity contribution in [2.45, 2.75) is 141 Å². The molecule has 18 nitrogen and oxygen atoms in total. The van der Waals surface area contributed by atoms with Crippen LogP contribution in [0.25, 0.3) is 0 Å². The number of carbonyl (C=O) groups is 8. The van der Waals surface area contributed by atoms with E-state index in [-0.39, 0.29) is 40.9 Å². The Morgan fingerprint density at radius 2 is 1.57 bits per heavy atom. The molecule has 7 rings (SSSR count). The van der Waals surface area contributed by atoms with Crippen LogP contribution in [0.3, 0.4) is 0 Å². The molecule has 2 heterocycles. The van der Waals surface area contributed by atoms with Crippen LogP contribution in [0.1, 0.15) is 110 Å². The number of carbonyl (C=O) groups excluding carboxylic acids is 8. The zero-order valence-corrected chi connectivity index (χ0v) is 40.8. The molecule has 2 aromatic carbocycles. The van der Waals surface area contributed by atoms with Gasteiger partial charge in [-0.25, -0.2) is 9.59 Å². The van der Waals surface area contributed by atoms with Crippen molar-refractivity contribution in [3.63, 3.8) is 0 Å². The summed E-state index contributed by atoms with van der Waals surface area (Å²) in [5, 5.41) is 41.0. The van der Waals surface area contributed by atoms with Crippen LogP contribution in [0.4, 0.5) is 4.79 Å². The van der Waals surface area contributed by atoms with Gasteiger partial charge < -0.3 is 44.3 Å². The van der Waals surface area contributed by atoms with Crippen LogP contribution >= 0.6 is 0 Å². The summed E-state index contributed by atoms with van der Waals surface area (Å²) >= 11 is 0. The van der Waals surface area contributed by atoms with Crippen molar-refractivity contribution in [2.24, 2.45) is 22.7 Å². The first-order valence-corrected chi connectivity index (χ1v) is 23.4. The molecule has 0 radical (unpaired) electrons. The predicted octanol–water partition coefficient (Wildman–Crippen LogP) is 4.18. The molecule has 5 aliphatic rings. The van der Waals surface area contributed by atoms with Gasteiger partial charge >= 0.3 is 24.0 Å². The van der Waals surface area contributed by atoms with Crippen molar-refractivity contribution >= 4 is 47.4 Å². The molecule has 0 aromatic heterocycles. The molecule has 2 aromatic rings. The van der Waals surface area contributed by atoms with Crippen LogP contribution in [-0.4, -0.2) is 128 Å². The van der Waals surface area contributed by atoms with Crippen LogP contribution in [0.5, 0.6) is 0 Å². The van der Waals surface area contributed by atoms with E-state index in [9.17, 15) is 44.1 Å². The van der Waals surface area contributed by atoms with E-state index in [2.05, 4.69) is 5.32 Å². The number of nitrogens with one attached hydrogen (secondary N) is 1. The Morgan fingerprint density at radius 3 is 2.13 bits per heavy atom. The number of ether oxygens (including phenoxy) is 5. The Hall–Kier alpha value is -6.08. The summed E-state index contributed by atoms with van der Waals surface area (Å²) in [6.45, 7) is 12.9. The second kappa shape index (κ2) is 18.9. The number of amides is 3. The van der Waals surface area contributed by atoms with Crippen molar-refractivity contribution in [3.8, 4) is 0 Å². The monoisotopic (exact) mass is 970 g/mol. The highest BCUT2D eigenvalue weighted by atomic mass is 16.6. The van der Waals surface area contributed by atoms with Gasteiger partial charge in [0.1, 0.15) is 30.0 Å². The fraction of sp³-hybridized carbons (Fsp3) is 0.538. The van der Waals surface area contributed by atoms with Gasteiger partial charge in [0.05, 0.1) is 30.1 Å². The number of alkyl carbamates (subject to hydrolysis) is 1. The first-order chi connectivity index (χ1) is 32.7. The minimum atomic E-state index is -2.25. The number of ketones is 2. The molecule has 0 unspecified atom stereocenters. The Morgan fingerprint density at radius 1 is 0.943 bits per heavy atom. The van der Waals surface area contributed by atoms with Gasteiger partial charge in [-0.2, -0.15) is 0 Å². The third-order valence-electron chi connectivity index (χ3n) is 15.0. The maximum atomic E-state index is 15.3. The molecular weight excluding hydrogens is 909 g/mol. The summed E-state index contributed by atoms with van der Waals surface area (Å²) < 4.78 is 29.8. The van der Waals surface area contributed by atoms with Gasteiger partial charge in [-0.05, 0) is 58.3 Å². The Labute approximate surface area is 405 Å². The molecule has 70 heavy (non-hydrogen) atoms. The quantitative estimate of drug-likeness (QED) is 0.0722. The van der Waals surface area contributed by atoms with E-state index in [4.69, 9.17) is 23.7 Å². The Balaban J connectivity index is 1.35. The van der Waals surface area contributed by atoms with Crippen LogP contribution in [0.2, 0.25) is 0 Å². The molecule has 1 saturated heterocycles. The van der Waals surface area contributed by atoms with Gasteiger partial charge in [-0.15, -0.1) is 0 Å². The second-order valence-corrected chi connectivity index (χ2v) is 20.8. The summed E-state index contributed by atoms with van der Waals surface area (Å²) in [6.07, 6.45) is -9.78. The molecule has 11 atom stereocenters. The van der Waals surface area contributed by atoms with Crippen molar-refractivity contribution in [1.82, 2.24) is 10.2 Å². The number of benzene rings is 2. The number of esters is 3. The summed E-state index contributed by atoms with van der Waals surface area (Å²) in [6, 6.07) is 14.7. The average Bonchev–Trinajstić information content (AvgIpc) is 3.53. The number of hydrogen-bond donors (Lipinski definition) is 4. The van der Waals surface area contributed by atoms with Gasteiger partial charge in [0.25, 0.3) is 11.8 Å². The van der Waals surface area contributed by atoms with E-state index in [0.717, 1.165) is 11.0 Å². The molecule has 3 amide bonds. The molecule has 18 heteroatoms. The Bertz CT molecular complexity index is 2530. The van der Waals surface area contributed by atoms with Crippen LogP contribution < -0.4 is 5.32 Å². The lowest BCUT2D eigenvalue weighted by Gasteiger charge is -2.68. The minimum absolute atomic E-state index is 0.0644. The fourth-order valence-corrected chi connectivity index (χ4v) is 11.6. The molecule has 2 aliphatic heterocycles. The minimum Gasteiger partial charge on any atom is -0.455 e. The van der Waals surface area contributed by atoms with E-state index in [1.54, 1.807) is 95.3 Å². The first-order valence-electron chi connectivity index (χ1n) is 23.4. The van der Waals surface area contributed by atoms with Crippen LogP contribution in [-0.2, 0) is 52.5 Å². The highest BCUT2D eigenvalue weighted by Crippen LogP contribution is 2.66. The van der Waals surface area contributed by atoms with Crippen molar-refractivity contribution in [3.05, 3.63) is 94.6 Å². The lowest BCUT2D eigenvalue weighted by Crippen LogP contribution is -2.80. The third-order valence-corrected chi connectivity index (χ3v) is 15.0. The number of fused-ring (bicyclic) bond motifs is 5. The number of imide groups is 1. The number of hydrogen-bond acceptors (Lipinski definition) is 16. The third kappa shape index (κ3) is 9.10. The largest absolute Gasteiger partial charge is 0.455 e. The number of nitrogens with zero attached hydrogens (tertiary/aromatic N) is 1. The molecule has 2 saturated carbocycles. The van der Waals surface area contributed by atoms with Gasteiger partial charge in [-0.3, -0.25) is 33.7 Å². The number of aliphatic hydroxyl groups excluding tert-OH is 2. The number of Topliss-reactive ketones (excluding diaryl/α,β-unsaturated/α-hetero) is 2. The fourth-order valence-electron chi connectivity index (χ4n) is 11.6. The molecule has 3 fully saturated rings. The summed E-state index contributed by atoms with van der Waals surface area (Å²) in [7, 11) is 0. The van der Waals surface area contributed by atoms with Gasteiger partial charge in [0, 0.05) is 67.2 Å². The SMILES string of the molecule is CC(=O)O[C@@]12CO[C@@H]1C[C@H](O)[C@@]1(C)C(=O)[C@H](O)C3=C(C)[C@@H](OC(=O)[C@H](OC(=O)CCN4C(=O)C=C(C)C4=O)[C@@H](NC(=O)OC(C)(C)C)c4ccccc4)C[C@@](O)([C@@H](CC(=O)c4ccccc4)[C@H]21)C3(C)C. The van der Waals surface area contributed by atoms with Gasteiger partial charge in [0.15, 0.2) is 17.2 Å². The number of aliphatic hydroxyl groups is 3. The molecule has 2 bridgehead atoms. The van der Waals surface area contributed by atoms with E-state index >= 15 is 9.59 Å². The summed E-state index contributed by atoms with van der Waals surface area (Å²) in [5.74, 6) is -8.52. The zero-order chi connectivity index (χ0) is 51.5. The van der Waals surface area contributed by atoms with Crippen molar-refractivity contribution in [1.29, 1.82) is 0 Å². The van der Waals surface area contributed by atoms with Crippen molar-refractivity contribution < 1.29 is 77.4 Å². The molecule has 0 spiro atoms. The van der Waals surface area contributed by atoms with E-state index in [0.29, 0.717) is 0 Å². The zero-order valence-electron chi connectivity index (χ0n) is 40.8. The van der Waals surface area contributed by atoms with Crippen LogP contribution in [0, 0.1) is 22.7 Å². The van der Waals surface area contributed by atoms with Crippen LogP contribution in [0.15, 0.2) is 83.5 Å². The molecule has 376 valence electrons. The van der Waals surface area contributed by atoms with Crippen molar-refractivity contribution in [2.75, 3.05) is 13.2 Å². The van der Waals surface area contributed by atoms with E-state index < -0.39 is 149 Å². The van der Waals surface area contributed by atoms with Gasteiger partial charge in [0.2, 0.25) is 6.10 Å². The molecule has 3 aliphatic carbocycles. The van der Waals surface area contributed by atoms with E-state index in [1.165, 1.54) is 27.7 Å². The lowest BCUT2D eigenvalue weighted by molar-refractivity contribution is -0.339. The predicted molar refractivity (Wildman–Crippen MR) is 246 cm³/mol. The summed E-state index contributed by atoms with van der Waals surface area (Å²) in [4.78, 5) is 111. The lowest BCUT2D eigenvalue weighted by atomic mass is 9.42. The summed E-state index contributed by atoms with van der Waals surface area (Å²) in [5.41, 5.74) is -7.83. The maximum absolute atomic E-state index is 15.3. The average molecular weight is 971 g/mol. The normalized spacial score (nSPS) is 31.1. The number of rotatable bonds is 13. The Kier molecular flexibility index (Phi) is 14.0. The first kappa shape index (κ1) is 51.8.